The number of aliphatic hydroxyl groups is 1. The molecule has 3 nitrogen and oxygen atoms in total. The average Bonchev–Trinajstić information content (AvgIpc) is 2.37. The van der Waals surface area contributed by atoms with Crippen LogP contribution in [0.25, 0.3) is 0 Å². The zero-order valence-corrected chi connectivity index (χ0v) is 11.8. The molecule has 2 atom stereocenters. The van der Waals surface area contributed by atoms with E-state index in [-0.39, 0.29) is 18.7 Å². The Hall–Kier alpha value is -0.900. The van der Waals surface area contributed by atoms with Crippen LogP contribution in [0.1, 0.15) is 37.4 Å². The number of hydrogen-bond donors (Lipinski definition) is 2. The number of aryl methyl sites for hydroxylation is 1. The van der Waals surface area contributed by atoms with Gasteiger partial charge in [-0.15, -0.1) is 0 Å². The van der Waals surface area contributed by atoms with Gasteiger partial charge < -0.3 is 10.8 Å². The Kier molecular flexibility index (Phi) is 6.33. The second-order valence-corrected chi connectivity index (χ2v) is 4.78. The van der Waals surface area contributed by atoms with E-state index in [4.69, 9.17) is 5.73 Å². The largest absolute Gasteiger partial charge is 0.395 e. The second-order valence-electron chi connectivity index (χ2n) is 4.78. The van der Waals surface area contributed by atoms with Gasteiger partial charge in [0, 0.05) is 18.6 Å². The van der Waals surface area contributed by atoms with Gasteiger partial charge in [0.05, 0.1) is 6.61 Å². The molecule has 2 unspecified atom stereocenters. The monoisotopic (exact) mass is 250 g/mol. The van der Waals surface area contributed by atoms with E-state index in [2.05, 4.69) is 49.9 Å². The zero-order chi connectivity index (χ0) is 13.5. The first-order valence-electron chi connectivity index (χ1n) is 6.81. The summed E-state index contributed by atoms with van der Waals surface area (Å²) in [4.78, 5) is 2.25. The molecule has 0 aliphatic heterocycles. The zero-order valence-electron chi connectivity index (χ0n) is 11.8. The van der Waals surface area contributed by atoms with E-state index < -0.39 is 0 Å². The summed E-state index contributed by atoms with van der Waals surface area (Å²) in [7, 11) is 0. The smallest absolute Gasteiger partial charge is 0.0558 e. The Morgan fingerprint density at radius 3 is 2.56 bits per heavy atom. The summed E-state index contributed by atoms with van der Waals surface area (Å²) in [6.07, 6.45) is 0.931. The molecule has 0 aromatic heterocycles. The van der Waals surface area contributed by atoms with Gasteiger partial charge in [0.25, 0.3) is 0 Å². The summed E-state index contributed by atoms with van der Waals surface area (Å²) in [5.74, 6) is 0. The van der Waals surface area contributed by atoms with Gasteiger partial charge in [0.2, 0.25) is 0 Å². The summed E-state index contributed by atoms with van der Waals surface area (Å²) in [6, 6.07) is 8.78. The van der Waals surface area contributed by atoms with Crippen LogP contribution in [0, 0.1) is 6.92 Å². The van der Waals surface area contributed by atoms with Crippen molar-refractivity contribution in [3.8, 4) is 0 Å². The van der Waals surface area contributed by atoms with Crippen LogP contribution in [-0.2, 0) is 0 Å². The molecule has 0 aliphatic carbocycles. The van der Waals surface area contributed by atoms with Gasteiger partial charge in [-0.2, -0.15) is 0 Å². The quantitative estimate of drug-likeness (QED) is 0.779. The summed E-state index contributed by atoms with van der Waals surface area (Å²) in [5, 5.41) is 9.19. The van der Waals surface area contributed by atoms with Crippen molar-refractivity contribution < 1.29 is 5.11 Å². The maximum Gasteiger partial charge on any atom is 0.0558 e. The molecule has 3 N–H and O–H groups in total. The molecule has 0 radical (unpaired) electrons. The molecule has 0 bridgehead atoms. The van der Waals surface area contributed by atoms with Gasteiger partial charge in [-0.05, 0) is 25.5 Å². The van der Waals surface area contributed by atoms with Crippen molar-refractivity contribution in [2.24, 2.45) is 5.73 Å². The van der Waals surface area contributed by atoms with Crippen LogP contribution in [0.3, 0.4) is 0 Å². The van der Waals surface area contributed by atoms with Gasteiger partial charge in [-0.1, -0.05) is 43.7 Å². The van der Waals surface area contributed by atoms with Crippen LogP contribution in [0.5, 0.6) is 0 Å². The lowest BCUT2D eigenvalue weighted by Gasteiger charge is -2.34. The van der Waals surface area contributed by atoms with Gasteiger partial charge in [0.1, 0.15) is 0 Å². The minimum Gasteiger partial charge on any atom is -0.395 e. The summed E-state index contributed by atoms with van der Waals surface area (Å²) in [6.45, 7) is 8.06. The fraction of sp³-hybridized carbons (Fsp3) is 0.600. The minimum atomic E-state index is 0.0956. The molecular formula is C15H26N2O. The number of hydrogen-bond acceptors (Lipinski definition) is 3. The summed E-state index contributed by atoms with van der Waals surface area (Å²) < 4.78 is 0. The van der Waals surface area contributed by atoms with E-state index in [1.165, 1.54) is 11.1 Å². The van der Waals surface area contributed by atoms with E-state index in [0.717, 1.165) is 13.0 Å². The van der Waals surface area contributed by atoms with Crippen molar-refractivity contribution in [2.75, 3.05) is 19.7 Å². The molecule has 102 valence electrons. The molecular weight excluding hydrogens is 224 g/mol. The highest BCUT2D eigenvalue weighted by molar-refractivity contribution is 5.26. The maximum atomic E-state index is 9.19. The van der Waals surface area contributed by atoms with Crippen LogP contribution in [-0.4, -0.2) is 35.7 Å². The van der Waals surface area contributed by atoms with Crippen molar-refractivity contribution in [3.63, 3.8) is 0 Å². The van der Waals surface area contributed by atoms with Crippen molar-refractivity contribution >= 4 is 0 Å². The van der Waals surface area contributed by atoms with Crippen molar-refractivity contribution in [3.05, 3.63) is 35.4 Å². The third-order valence-corrected chi connectivity index (χ3v) is 3.45. The van der Waals surface area contributed by atoms with Crippen LogP contribution in [0.15, 0.2) is 24.3 Å². The highest BCUT2D eigenvalue weighted by Crippen LogP contribution is 2.25. The number of nitrogens with zero attached hydrogens (tertiary/aromatic N) is 1. The Labute approximate surface area is 111 Å². The molecule has 1 aromatic carbocycles. The van der Waals surface area contributed by atoms with Crippen LogP contribution >= 0.6 is 0 Å². The Bertz CT molecular complexity index is 354. The molecule has 3 heteroatoms. The van der Waals surface area contributed by atoms with Gasteiger partial charge >= 0.3 is 0 Å². The van der Waals surface area contributed by atoms with Gasteiger partial charge in [0.15, 0.2) is 0 Å². The van der Waals surface area contributed by atoms with Crippen LogP contribution in [0.4, 0.5) is 0 Å². The molecule has 1 rings (SSSR count). The first kappa shape index (κ1) is 15.2. The molecule has 0 heterocycles. The van der Waals surface area contributed by atoms with E-state index in [9.17, 15) is 5.11 Å². The topological polar surface area (TPSA) is 49.5 Å². The van der Waals surface area contributed by atoms with E-state index >= 15 is 0 Å². The van der Waals surface area contributed by atoms with Crippen molar-refractivity contribution in [1.82, 2.24) is 4.90 Å². The normalized spacial score (nSPS) is 14.8. The number of aliphatic hydroxyl groups excluding tert-OH is 1. The Balaban J connectivity index is 3.03. The molecule has 0 aliphatic rings. The maximum absolute atomic E-state index is 9.19. The standard InChI is InChI=1S/C15H26N2O/c1-4-14(16)15(17(5-2)9-10-18)13-8-6-7-12(3)11-13/h6-8,11,14-15,18H,4-5,9-10,16H2,1-3H3. The third-order valence-electron chi connectivity index (χ3n) is 3.45. The molecule has 0 amide bonds. The average molecular weight is 250 g/mol. The molecule has 0 saturated carbocycles. The second kappa shape index (κ2) is 7.52. The Morgan fingerprint density at radius 1 is 1.33 bits per heavy atom. The molecule has 0 spiro atoms. The molecule has 1 aromatic rings. The number of benzene rings is 1. The van der Waals surface area contributed by atoms with E-state index in [0.29, 0.717) is 6.54 Å². The van der Waals surface area contributed by atoms with Crippen LogP contribution in [0.2, 0.25) is 0 Å². The fourth-order valence-electron chi connectivity index (χ4n) is 2.43. The predicted octanol–water partition coefficient (Wildman–Crippen LogP) is 2.09. The highest BCUT2D eigenvalue weighted by Gasteiger charge is 2.24. The highest BCUT2D eigenvalue weighted by atomic mass is 16.3. The lowest BCUT2D eigenvalue weighted by atomic mass is 9.95. The van der Waals surface area contributed by atoms with Gasteiger partial charge in [-0.3, -0.25) is 4.90 Å². The molecule has 0 fully saturated rings. The summed E-state index contributed by atoms with van der Waals surface area (Å²) >= 11 is 0. The lowest BCUT2D eigenvalue weighted by molar-refractivity contribution is 0.138. The molecule has 0 saturated heterocycles. The number of likely N-dealkylation sites (N-methyl/N-ethyl adjacent to an activating group) is 1. The SMILES string of the molecule is CCC(N)C(c1cccc(C)c1)N(CC)CCO. The van der Waals surface area contributed by atoms with Crippen LogP contribution < -0.4 is 5.73 Å². The minimum absolute atomic E-state index is 0.0956. The first-order valence-corrected chi connectivity index (χ1v) is 6.81. The summed E-state index contributed by atoms with van der Waals surface area (Å²) in [5.41, 5.74) is 8.78. The number of rotatable bonds is 7. The van der Waals surface area contributed by atoms with Gasteiger partial charge in [-0.25, -0.2) is 0 Å². The van der Waals surface area contributed by atoms with E-state index in [1.807, 2.05) is 0 Å². The first-order chi connectivity index (χ1) is 8.63. The predicted molar refractivity (Wildman–Crippen MR) is 76.5 cm³/mol. The molecule has 18 heavy (non-hydrogen) atoms. The van der Waals surface area contributed by atoms with Crippen molar-refractivity contribution in [2.45, 2.75) is 39.3 Å². The number of nitrogens with two attached hydrogens (primary N) is 1. The third kappa shape index (κ3) is 3.80. The lowest BCUT2D eigenvalue weighted by Crippen LogP contribution is -2.42. The van der Waals surface area contributed by atoms with Crippen molar-refractivity contribution in [1.29, 1.82) is 0 Å². The Morgan fingerprint density at radius 2 is 2.06 bits per heavy atom. The van der Waals surface area contributed by atoms with E-state index in [1.54, 1.807) is 0 Å². The fourth-order valence-corrected chi connectivity index (χ4v) is 2.43.